The molecule has 36 valence electrons. The van der Waals surface area contributed by atoms with E-state index in [4.69, 9.17) is 6.80 Å². The van der Waals surface area contributed by atoms with E-state index in [1.165, 1.54) is 0 Å². The zero-order valence-corrected chi connectivity index (χ0v) is 8.10. The van der Waals surface area contributed by atoms with E-state index in [1.54, 1.807) is 0 Å². The van der Waals surface area contributed by atoms with Gasteiger partial charge in [0, 0.05) is 0 Å². The minimum atomic E-state index is -2.03. The summed E-state index contributed by atoms with van der Waals surface area (Å²) in [4.78, 5) is 0. The van der Waals surface area contributed by atoms with E-state index in [2.05, 4.69) is 19.6 Å². The van der Waals surface area contributed by atoms with Crippen molar-refractivity contribution in [3.63, 3.8) is 0 Å². The van der Waals surface area contributed by atoms with Gasteiger partial charge in [0.15, 0.2) is 0 Å². The fourth-order valence-electron chi connectivity index (χ4n) is 0. The average molecular weight is 288 g/mol. The third kappa shape index (κ3) is 52.7. The minimum absolute atomic E-state index is 0.363. The van der Waals surface area contributed by atoms with Crippen LogP contribution in [0.3, 0.4) is 0 Å². The Hall–Kier alpha value is 1.42. The summed E-state index contributed by atoms with van der Waals surface area (Å²) in [5, 5.41) is 0. The Bertz CT molecular complexity index is 63.5. The van der Waals surface area contributed by atoms with Crippen LogP contribution in [0.5, 0.6) is 0 Å². The molecule has 0 aliphatic heterocycles. The quantitative estimate of drug-likeness (QED) is 0.624. The van der Waals surface area contributed by atoms with Gasteiger partial charge in [0.25, 0.3) is 0 Å². The molecule has 6 heavy (non-hydrogen) atoms. The number of hydrogen-bond donors (Lipinski definition) is 0. The van der Waals surface area contributed by atoms with Crippen LogP contribution in [-0.2, 0) is 40.2 Å². The molecule has 0 aromatic rings. The third-order valence-electron chi connectivity index (χ3n) is 0. The Labute approximate surface area is 59.3 Å². The molecular weight excluding hydrogens is 288 g/mol. The Kier molecular flexibility index (Phi) is 28.0. The summed E-state index contributed by atoms with van der Waals surface area (Å²) in [6.45, 7) is 0. The third-order valence-corrected chi connectivity index (χ3v) is 0. The van der Waals surface area contributed by atoms with Crippen molar-refractivity contribution in [1.29, 1.82) is 0 Å². The van der Waals surface area contributed by atoms with Crippen molar-refractivity contribution in [3.8, 4) is 0 Å². The Morgan fingerprint density at radius 2 is 1.17 bits per heavy atom. The van der Waals surface area contributed by atoms with Crippen LogP contribution >= 0.6 is 19.6 Å². The first-order chi connectivity index (χ1) is 2.83. The first-order valence-corrected chi connectivity index (χ1v) is 7.89. The molecule has 0 N–H and O–H groups in total. The van der Waals surface area contributed by atoms with Gasteiger partial charge in [-0.2, -0.15) is 0 Å². The summed E-state index contributed by atoms with van der Waals surface area (Å²) in [6, 6.07) is 0. The normalized spacial score (nSPS) is 4.00. The second-order valence-electron chi connectivity index (χ2n) is 0.136. The summed E-state index contributed by atoms with van der Waals surface area (Å²) in [5.41, 5.74) is 0. The molecule has 0 fully saturated rings. The van der Waals surface area contributed by atoms with E-state index < -0.39 is 18.5 Å². The van der Waals surface area contributed by atoms with Crippen LogP contribution in [-0.4, -0.2) is 0 Å². The molecule has 0 aliphatic rings. The maximum absolute atomic E-state index is 8.50. The van der Waals surface area contributed by atoms with Crippen LogP contribution in [0.4, 0.5) is 0 Å². The van der Waals surface area contributed by atoms with Crippen molar-refractivity contribution in [2.24, 2.45) is 0 Å². The van der Waals surface area contributed by atoms with Crippen molar-refractivity contribution in [3.05, 3.63) is 0 Å². The first kappa shape index (κ1) is 10.4. The standard InChI is InChI=1S/2Mo.2O.2S. The number of hydrogen-bond acceptors (Lipinski definition) is 4. The van der Waals surface area contributed by atoms with E-state index in [0.29, 0.717) is 0 Å². The maximum atomic E-state index is 8.50. The molecule has 6 heteroatoms. The summed E-state index contributed by atoms with van der Waals surface area (Å²) >= 11 is -2.39. The Morgan fingerprint density at radius 1 is 1.17 bits per heavy atom. The van der Waals surface area contributed by atoms with Gasteiger partial charge in [0.05, 0.1) is 0 Å². The molecule has 0 rings (SSSR count). The molecule has 0 aliphatic carbocycles. The van der Waals surface area contributed by atoms with Crippen LogP contribution in [0.15, 0.2) is 0 Å². The Morgan fingerprint density at radius 3 is 1.17 bits per heavy atom. The van der Waals surface area contributed by atoms with Gasteiger partial charge in [0.1, 0.15) is 0 Å². The van der Waals surface area contributed by atoms with Crippen molar-refractivity contribution >= 4 is 19.6 Å². The van der Waals surface area contributed by atoms with Crippen LogP contribution in [0.25, 0.3) is 0 Å². The molecule has 0 saturated heterocycles. The molecule has 0 spiro atoms. The van der Waals surface area contributed by atoms with Gasteiger partial charge in [-0.05, 0) is 0 Å². The second-order valence-corrected chi connectivity index (χ2v) is 4.03. The fraction of sp³-hybridized carbons (Fsp3) is 0. The Balaban J connectivity index is 0. The summed E-state index contributed by atoms with van der Waals surface area (Å²) in [6.07, 6.45) is 0. The van der Waals surface area contributed by atoms with Gasteiger partial charge in [-0.25, -0.2) is 0 Å². The van der Waals surface area contributed by atoms with E-state index in [9.17, 15) is 0 Å². The van der Waals surface area contributed by atoms with Crippen molar-refractivity contribution < 1.29 is 40.2 Å². The van der Waals surface area contributed by atoms with Crippen molar-refractivity contribution in [2.75, 3.05) is 0 Å². The molecule has 0 atom stereocenters. The SMILES string of the molecule is [O]=[Mo]=[O].[S]=[Mo]=[S]. The average Bonchev–Trinajstić information content (AvgIpc) is 1.39. The van der Waals surface area contributed by atoms with E-state index in [-0.39, 0.29) is 14.9 Å². The summed E-state index contributed by atoms with van der Waals surface area (Å²) in [5.74, 6) is 0. The topological polar surface area (TPSA) is 34.1 Å². The van der Waals surface area contributed by atoms with E-state index >= 15 is 0 Å². The zero-order chi connectivity index (χ0) is 5.41. The molecular formula is Mo2O2S2. The van der Waals surface area contributed by atoms with Crippen LogP contribution in [0.1, 0.15) is 0 Å². The molecule has 0 heterocycles. The molecule has 0 aromatic carbocycles. The second kappa shape index (κ2) is 16.1. The van der Waals surface area contributed by atoms with E-state index in [0.717, 1.165) is 0 Å². The van der Waals surface area contributed by atoms with Crippen molar-refractivity contribution in [1.82, 2.24) is 0 Å². The van der Waals surface area contributed by atoms with Gasteiger partial charge >= 0.3 is 59.9 Å². The summed E-state index contributed by atoms with van der Waals surface area (Å²) < 4.78 is 17.0. The van der Waals surface area contributed by atoms with Crippen LogP contribution in [0, 0.1) is 0 Å². The monoisotopic (exact) mass is 292 g/mol. The molecule has 0 unspecified atom stereocenters. The van der Waals surface area contributed by atoms with Crippen LogP contribution in [0.2, 0.25) is 0 Å². The predicted octanol–water partition coefficient (Wildman–Crippen LogP) is 1.05. The zero-order valence-electron chi connectivity index (χ0n) is 2.45. The fourth-order valence-corrected chi connectivity index (χ4v) is 0. The van der Waals surface area contributed by atoms with E-state index in [1.807, 2.05) is 0 Å². The van der Waals surface area contributed by atoms with Gasteiger partial charge < -0.3 is 0 Å². The summed E-state index contributed by atoms with van der Waals surface area (Å²) in [7, 11) is 8.68. The van der Waals surface area contributed by atoms with Crippen LogP contribution < -0.4 is 0 Å². The van der Waals surface area contributed by atoms with Gasteiger partial charge in [-0.15, -0.1) is 0 Å². The molecule has 0 radical (unpaired) electrons. The molecule has 0 saturated carbocycles. The predicted molar refractivity (Wildman–Crippen MR) is 16.6 cm³/mol. The van der Waals surface area contributed by atoms with Crippen molar-refractivity contribution in [2.45, 2.75) is 0 Å². The number of rotatable bonds is 0. The molecule has 0 bridgehead atoms. The first-order valence-electron chi connectivity index (χ1n) is 0.667. The molecule has 0 aromatic heterocycles. The van der Waals surface area contributed by atoms with Gasteiger partial charge in [-0.1, -0.05) is 0 Å². The van der Waals surface area contributed by atoms with Gasteiger partial charge in [0.2, 0.25) is 0 Å². The molecule has 0 amide bonds. The molecule has 2 nitrogen and oxygen atoms in total. The van der Waals surface area contributed by atoms with Gasteiger partial charge in [-0.3, -0.25) is 0 Å².